The van der Waals surface area contributed by atoms with Crippen LogP contribution in [0.2, 0.25) is 0 Å². The molecular formula is C30H31N3O6. The van der Waals surface area contributed by atoms with Crippen molar-refractivity contribution in [3.05, 3.63) is 95.6 Å². The summed E-state index contributed by atoms with van der Waals surface area (Å²) in [5.41, 5.74) is 2.82. The molecule has 3 aromatic rings. The van der Waals surface area contributed by atoms with Gasteiger partial charge in [-0.25, -0.2) is 4.79 Å². The number of carbonyl (C=O) groups is 4. The molecule has 2 atom stereocenters. The van der Waals surface area contributed by atoms with Crippen LogP contribution in [0.4, 0.5) is 10.5 Å². The van der Waals surface area contributed by atoms with Crippen molar-refractivity contribution in [2.75, 3.05) is 18.5 Å². The fourth-order valence-electron chi connectivity index (χ4n) is 4.40. The standard InChI is InChI=1S/C30H31N3O6/c1-3-38-30(37)39-26-14-12-23(13-15-26)28(35)31-18-21-8-7-11-25(16-21)32-29(36)24-17-27(34)33(19-24)20(2)22-9-5-4-6-10-22/h4-16,20,24H,3,17-19H2,1-2H3,(H,31,35)(H,32,36). The molecule has 3 aromatic carbocycles. The summed E-state index contributed by atoms with van der Waals surface area (Å²) in [7, 11) is 0. The number of rotatable bonds is 9. The van der Waals surface area contributed by atoms with Crippen LogP contribution < -0.4 is 15.4 Å². The number of amides is 3. The van der Waals surface area contributed by atoms with Gasteiger partial charge in [-0.3, -0.25) is 14.4 Å². The zero-order valence-electron chi connectivity index (χ0n) is 21.9. The van der Waals surface area contributed by atoms with Gasteiger partial charge in [0, 0.05) is 30.8 Å². The van der Waals surface area contributed by atoms with Crippen LogP contribution in [-0.4, -0.2) is 41.9 Å². The van der Waals surface area contributed by atoms with Gasteiger partial charge in [-0.1, -0.05) is 42.5 Å². The third kappa shape index (κ3) is 7.22. The summed E-state index contributed by atoms with van der Waals surface area (Å²) in [6.45, 7) is 4.46. The van der Waals surface area contributed by atoms with Gasteiger partial charge in [-0.2, -0.15) is 0 Å². The maximum Gasteiger partial charge on any atom is 0.513 e. The number of hydrogen-bond acceptors (Lipinski definition) is 6. The van der Waals surface area contributed by atoms with Crippen LogP contribution in [0.1, 0.15) is 47.8 Å². The lowest BCUT2D eigenvalue weighted by molar-refractivity contribution is -0.129. The average molecular weight is 530 g/mol. The normalized spacial score (nSPS) is 15.4. The Hall–Kier alpha value is -4.66. The van der Waals surface area contributed by atoms with Crippen LogP contribution in [-0.2, 0) is 20.9 Å². The quantitative estimate of drug-likeness (QED) is 0.307. The molecule has 1 aliphatic rings. The number of carbonyl (C=O) groups excluding carboxylic acids is 4. The van der Waals surface area contributed by atoms with E-state index in [0.717, 1.165) is 11.1 Å². The lowest BCUT2D eigenvalue weighted by Gasteiger charge is -2.25. The smallest absolute Gasteiger partial charge is 0.434 e. The largest absolute Gasteiger partial charge is 0.513 e. The number of benzene rings is 3. The number of nitrogens with zero attached hydrogens (tertiary/aromatic N) is 1. The molecule has 1 saturated heterocycles. The van der Waals surface area contributed by atoms with Gasteiger partial charge in [-0.15, -0.1) is 0 Å². The predicted octanol–water partition coefficient (Wildman–Crippen LogP) is 4.70. The number of anilines is 1. The van der Waals surface area contributed by atoms with E-state index in [2.05, 4.69) is 10.6 Å². The van der Waals surface area contributed by atoms with E-state index in [0.29, 0.717) is 17.8 Å². The zero-order valence-corrected chi connectivity index (χ0v) is 21.9. The van der Waals surface area contributed by atoms with E-state index in [9.17, 15) is 19.2 Å². The monoisotopic (exact) mass is 529 g/mol. The summed E-state index contributed by atoms with van der Waals surface area (Å²) in [6.07, 6.45) is -0.636. The minimum atomic E-state index is -0.805. The van der Waals surface area contributed by atoms with Gasteiger partial charge in [0.15, 0.2) is 0 Å². The van der Waals surface area contributed by atoms with E-state index < -0.39 is 12.1 Å². The highest BCUT2D eigenvalue weighted by Crippen LogP contribution is 2.29. The van der Waals surface area contributed by atoms with Crippen molar-refractivity contribution in [1.29, 1.82) is 0 Å². The zero-order chi connectivity index (χ0) is 27.8. The van der Waals surface area contributed by atoms with Crippen molar-refractivity contribution in [2.24, 2.45) is 5.92 Å². The summed E-state index contributed by atoms with van der Waals surface area (Å²) in [5, 5.41) is 5.75. The minimum Gasteiger partial charge on any atom is -0.434 e. The summed E-state index contributed by atoms with van der Waals surface area (Å²) >= 11 is 0. The Morgan fingerprint density at radius 1 is 1.00 bits per heavy atom. The van der Waals surface area contributed by atoms with Crippen LogP contribution in [0.15, 0.2) is 78.9 Å². The third-order valence-electron chi connectivity index (χ3n) is 6.51. The molecule has 202 valence electrons. The lowest BCUT2D eigenvalue weighted by atomic mass is 10.1. The van der Waals surface area contributed by atoms with E-state index in [4.69, 9.17) is 9.47 Å². The molecular weight excluding hydrogens is 498 g/mol. The Labute approximate surface area is 227 Å². The molecule has 39 heavy (non-hydrogen) atoms. The lowest BCUT2D eigenvalue weighted by Crippen LogP contribution is -2.30. The fourth-order valence-corrected chi connectivity index (χ4v) is 4.40. The van der Waals surface area contributed by atoms with E-state index in [1.54, 1.807) is 42.2 Å². The molecule has 3 amide bonds. The summed E-state index contributed by atoms with van der Waals surface area (Å²) in [4.78, 5) is 51.3. The SMILES string of the molecule is CCOC(=O)Oc1ccc(C(=O)NCc2cccc(NC(=O)C3CC(=O)N(C(C)c4ccccc4)C3)c2)cc1. The topological polar surface area (TPSA) is 114 Å². The number of nitrogens with one attached hydrogen (secondary N) is 2. The second kappa shape index (κ2) is 12.7. The average Bonchev–Trinajstić information content (AvgIpc) is 3.34. The number of hydrogen-bond donors (Lipinski definition) is 2. The second-order valence-corrected chi connectivity index (χ2v) is 9.22. The number of likely N-dealkylation sites (tertiary alicyclic amines) is 1. The third-order valence-corrected chi connectivity index (χ3v) is 6.51. The molecule has 0 radical (unpaired) electrons. The van der Waals surface area contributed by atoms with E-state index in [-0.39, 0.29) is 49.1 Å². The maximum atomic E-state index is 13.0. The molecule has 2 N–H and O–H groups in total. The fraction of sp³-hybridized carbons (Fsp3) is 0.267. The minimum absolute atomic E-state index is 0.0385. The molecule has 0 bridgehead atoms. The van der Waals surface area contributed by atoms with Crippen LogP contribution in [0, 0.1) is 5.92 Å². The van der Waals surface area contributed by atoms with Crippen molar-refractivity contribution in [3.63, 3.8) is 0 Å². The van der Waals surface area contributed by atoms with E-state index in [1.807, 2.05) is 43.3 Å². The highest BCUT2D eigenvalue weighted by Gasteiger charge is 2.37. The first-order valence-corrected chi connectivity index (χ1v) is 12.8. The van der Waals surface area contributed by atoms with Gasteiger partial charge in [-0.05, 0) is 61.4 Å². The molecule has 9 nitrogen and oxygen atoms in total. The predicted molar refractivity (Wildman–Crippen MR) is 145 cm³/mol. The molecule has 1 heterocycles. The molecule has 9 heteroatoms. The molecule has 0 aromatic heterocycles. The van der Waals surface area contributed by atoms with Gasteiger partial charge in [0.25, 0.3) is 5.91 Å². The van der Waals surface area contributed by atoms with Gasteiger partial charge >= 0.3 is 6.16 Å². The molecule has 0 saturated carbocycles. The molecule has 2 unspecified atom stereocenters. The molecule has 1 fully saturated rings. The molecule has 0 spiro atoms. The van der Waals surface area contributed by atoms with Gasteiger partial charge in [0.2, 0.25) is 11.8 Å². The first-order valence-electron chi connectivity index (χ1n) is 12.8. The summed E-state index contributed by atoms with van der Waals surface area (Å²) < 4.78 is 9.72. The van der Waals surface area contributed by atoms with Gasteiger partial charge in [0.05, 0.1) is 18.6 Å². The Balaban J connectivity index is 1.29. The Morgan fingerprint density at radius 3 is 2.46 bits per heavy atom. The summed E-state index contributed by atoms with van der Waals surface area (Å²) in [6, 6.07) is 23.0. The highest BCUT2D eigenvalue weighted by atomic mass is 16.7. The Kier molecular flexibility index (Phi) is 8.94. The van der Waals surface area contributed by atoms with Crippen LogP contribution in [0.25, 0.3) is 0 Å². The maximum absolute atomic E-state index is 13.0. The van der Waals surface area contributed by atoms with Gasteiger partial charge in [0.1, 0.15) is 5.75 Å². The van der Waals surface area contributed by atoms with Crippen molar-refractivity contribution < 1.29 is 28.7 Å². The van der Waals surface area contributed by atoms with Crippen LogP contribution >= 0.6 is 0 Å². The molecule has 4 rings (SSSR count). The Bertz CT molecular complexity index is 1330. The van der Waals surface area contributed by atoms with Crippen molar-refractivity contribution in [1.82, 2.24) is 10.2 Å². The Morgan fingerprint density at radius 2 is 1.74 bits per heavy atom. The van der Waals surface area contributed by atoms with Crippen LogP contribution in [0.3, 0.4) is 0 Å². The van der Waals surface area contributed by atoms with E-state index in [1.165, 1.54) is 12.1 Å². The molecule has 0 aliphatic carbocycles. The van der Waals surface area contributed by atoms with Crippen molar-refractivity contribution >= 4 is 29.6 Å². The second-order valence-electron chi connectivity index (χ2n) is 9.22. The van der Waals surface area contributed by atoms with E-state index >= 15 is 0 Å². The van der Waals surface area contributed by atoms with Crippen molar-refractivity contribution in [3.8, 4) is 5.75 Å². The number of ether oxygens (including phenoxy) is 2. The summed E-state index contributed by atoms with van der Waals surface area (Å²) in [5.74, 6) is -0.719. The molecule has 1 aliphatic heterocycles. The van der Waals surface area contributed by atoms with Crippen molar-refractivity contribution in [2.45, 2.75) is 32.9 Å². The van der Waals surface area contributed by atoms with Crippen LogP contribution in [0.5, 0.6) is 5.75 Å². The first kappa shape index (κ1) is 27.4. The first-order chi connectivity index (χ1) is 18.8. The highest BCUT2D eigenvalue weighted by molar-refractivity contribution is 5.97. The van der Waals surface area contributed by atoms with Gasteiger partial charge < -0.3 is 25.0 Å².